The van der Waals surface area contributed by atoms with Crippen molar-refractivity contribution < 1.29 is 17.9 Å². The molecular formula is C25H21ClN4O4S. The molecule has 4 rings (SSSR count). The molecular weight excluding hydrogens is 488 g/mol. The molecule has 2 N–H and O–H groups in total. The van der Waals surface area contributed by atoms with Crippen LogP contribution in [-0.4, -0.2) is 24.3 Å². The largest absolute Gasteiger partial charge is 0.489 e. The first-order valence-electron chi connectivity index (χ1n) is 10.5. The zero-order valence-corrected chi connectivity index (χ0v) is 20.2. The van der Waals surface area contributed by atoms with E-state index in [-0.39, 0.29) is 16.8 Å². The van der Waals surface area contributed by atoms with E-state index in [2.05, 4.69) is 20.0 Å². The van der Waals surface area contributed by atoms with Gasteiger partial charge in [-0.05, 0) is 67.6 Å². The molecule has 0 aliphatic carbocycles. The smallest absolute Gasteiger partial charge is 0.264 e. The number of rotatable bonds is 8. The van der Waals surface area contributed by atoms with E-state index in [0.29, 0.717) is 34.3 Å². The zero-order valence-electron chi connectivity index (χ0n) is 18.6. The molecule has 0 bridgehead atoms. The highest BCUT2D eigenvalue weighted by Crippen LogP contribution is 2.20. The van der Waals surface area contributed by atoms with Crippen LogP contribution >= 0.6 is 11.6 Å². The quantitative estimate of drug-likeness (QED) is 0.344. The number of carbonyl (C=O) groups is 1. The molecule has 35 heavy (non-hydrogen) atoms. The van der Waals surface area contributed by atoms with E-state index >= 15 is 0 Å². The Bertz CT molecular complexity index is 1440. The van der Waals surface area contributed by atoms with E-state index in [9.17, 15) is 13.2 Å². The first kappa shape index (κ1) is 24.2. The highest BCUT2D eigenvalue weighted by atomic mass is 35.5. The van der Waals surface area contributed by atoms with Gasteiger partial charge in [-0.15, -0.1) is 0 Å². The summed E-state index contributed by atoms with van der Waals surface area (Å²) in [6.45, 7) is 2.05. The Hall–Kier alpha value is -3.95. The van der Waals surface area contributed by atoms with Crippen molar-refractivity contribution in [3.63, 3.8) is 0 Å². The third-order valence-electron chi connectivity index (χ3n) is 4.91. The fourth-order valence-electron chi connectivity index (χ4n) is 3.08. The molecule has 0 aliphatic rings. The summed E-state index contributed by atoms with van der Waals surface area (Å²) in [7, 11) is -3.87. The highest BCUT2D eigenvalue weighted by molar-refractivity contribution is 7.92. The molecule has 0 aliphatic heterocycles. The number of hydrogen-bond donors (Lipinski definition) is 2. The molecule has 0 saturated heterocycles. The highest BCUT2D eigenvalue weighted by Gasteiger charge is 2.16. The topological polar surface area (TPSA) is 110 Å². The van der Waals surface area contributed by atoms with Gasteiger partial charge >= 0.3 is 0 Å². The number of amides is 1. The van der Waals surface area contributed by atoms with Gasteiger partial charge in [0.2, 0.25) is 5.95 Å². The first-order valence-corrected chi connectivity index (χ1v) is 12.4. The lowest BCUT2D eigenvalue weighted by atomic mass is 10.2. The van der Waals surface area contributed by atoms with Crippen molar-refractivity contribution >= 4 is 39.2 Å². The Kier molecular flexibility index (Phi) is 7.28. The fraction of sp³-hybridized carbons (Fsp3) is 0.0800. The molecule has 0 atom stereocenters. The van der Waals surface area contributed by atoms with Crippen molar-refractivity contribution in [2.75, 3.05) is 10.0 Å². The number of benzene rings is 3. The van der Waals surface area contributed by atoms with Crippen LogP contribution in [0, 0.1) is 6.92 Å². The Balaban J connectivity index is 1.36. The maximum Gasteiger partial charge on any atom is 0.264 e. The molecule has 178 valence electrons. The number of hydrogen-bond acceptors (Lipinski definition) is 6. The minimum atomic E-state index is -3.87. The van der Waals surface area contributed by atoms with Crippen molar-refractivity contribution in [1.82, 2.24) is 9.97 Å². The van der Waals surface area contributed by atoms with Crippen LogP contribution in [-0.2, 0) is 16.6 Å². The van der Waals surface area contributed by atoms with Gasteiger partial charge < -0.3 is 10.1 Å². The predicted molar refractivity (Wildman–Crippen MR) is 134 cm³/mol. The van der Waals surface area contributed by atoms with Crippen LogP contribution in [0.4, 0.5) is 11.6 Å². The van der Waals surface area contributed by atoms with Gasteiger partial charge in [0.1, 0.15) is 12.4 Å². The van der Waals surface area contributed by atoms with Crippen LogP contribution < -0.4 is 14.8 Å². The predicted octanol–water partition coefficient (Wildman–Crippen LogP) is 5.07. The fourth-order valence-corrected chi connectivity index (χ4v) is 4.22. The van der Waals surface area contributed by atoms with E-state index < -0.39 is 10.0 Å². The summed E-state index contributed by atoms with van der Waals surface area (Å²) in [6, 6.07) is 21.5. The SMILES string of the molecule is Cc1ccnc(NS(=O)(=O)c2ccc(NC(=O)c3ccc(OCc4ccccc4Cl)cc3)cc2)n1. The van der Waals surface area contributed by atoms with Crippen molar-refractivity contribution in [2.24, 2.45) is 0 Å². The van der Waals surface area contributed by atoms with Crippen LogP contribution in [0.1, 0.15) is 21.6 Å². The maximum atomic E-state index is 12.6. The van der Waals surface area contributed by atoms with Crippen LogP contribution in [0.5, 0.6) is 5.75 Å². The van der Waals surface area contributed by atoms with Crippen LogP contribution in [0.25, 0.3) is 0 Å². The molecule has 1 amide bonds. The number of ether oxygens (including phenoxy) is 1. The summed E-state index contributed by atoms with van der Waals surface area (Å²) in [5.41, 5.74) is 2.36. The molecule has 0 spiro atoms. The molecule has 0 radical (unpaired) electrons. The number of nitrogens with zero attached hydrogens (tertiary/aromatic N) is 2. The lowest BCUT2D eigenvalue weighted by molar-refractivity contribution is 0.102. The van der Waals surface area contributed by atoms with Crippen molar-refractivity contribution in [2.45, 2.75) is 18.4 Å². The van der Waals surface area contributed by atoms with Gasteiger partial charge in [0.05, 0.1) is 4.90 Å². The first-order chi connectivity index (χ1) is 16.8. The third kappa shape index (κ3) is 6.34. The molecule has 0 unspecified atom stereocenters. The van der Waals surface area contributed by atoms with Gasteiger partial charge in [0, 0.05) is 33.7 Å². The second kappa shape index (κ2) is 10.5. The second-order valence-electron chi connectivity index (χ2n) is 7.51. The molecule has 0 fully saturated rings. The number of halogens is 1. The van der Waals surface area contributed by atoms with Crippen LogP contribution in [0.2, 0.25) is 5.02 Å². The van der Waals surface area contributed by atoms with E-state index in [1.807, 2.05) is 18.2 Å². The number of carbonyl (C=O) groups excluding carboxylic acids is 1. The number of anilines is 2. The summed E-state index contributed by atoms with van der Waals surface area (Å²) in [6.07, 6.45) is 1.47. The molecule has 8 nitrogen and oxygen atoms in total. The summed E-state index contributed by atoms with van der Waals surface area (Å²) in [4.78, 5) is 20.5. The second-order valence-corrected chi connectivity index (χ2v) is 9.60. The third-order valence-corrected chi connectivity index (χ3v) is 6.62. The zero-order chi connectivity index (χ0) is 24.8. The van der Waals surface area contributed by atoms with E-state index in [1.54, 1.807) is 43.3 Å². The summed E-state index contributed by atoms with van der Waals surface area (Å²) >= 11 is 6.14. The lowest BCUT2D eigenvalue weighted by Crippen LogP contribution is -2.16. The van der Waals surface area contributed by atoms with Crippen LogP contribution in [0.15, 0.2) is 90.0 Å². The van der Waals surface area contributed by atoms with Crippen LogP contribution in [0.3, 0.4) is 0 Å². The van der Waals surface area contributed by atoms with Gasteiger partial charge in [-0.3, -0.25) is 4.79 Å². The summed E-state index contributed by atoms with van der Waals surface area (Å²) < 4.78 is 33.2. The van der Waals surface area contributed by atoms with Gasteiger partial charge in [0.25, 0.3) is 15.9 Å². The summed E-state index contributed by atoms with van der Waals surface area (Å²) in [5.74, 6) is 0.243. The summed E-state index contributed by atoms with van der Waals surface area (Å²) in [5, 5.41) is 3.37. The van der Waals surface area contributed by atoms with E-state index in [4.69, 9.17) is 16.3 Å². The van der Waals surface area contributed by atoms with Gasteiger partial charge in [0.15, 0.2) is 0 Å². The molecule has 1 aromatic heterocycles. The average Bonchev–Trinajstić information content (AvgIpc) is 2.84. The Morgan fingerprint density at radius 1 is 0.971 bits per heavy atom. The van der Waals surface area contributed by atoms with E-state index in [1.165, 1.54) is 30.5 Å². The average molecular weight is 509 g/mol. The van der Waals surface area contributed by atoms with Crippen molar-refractivity contribution in [1.29, 1.82) is 0 Å². The minimum Gasteiger partial charge on any atom is -0.489 e. The van der Waals surface area contributed by atoms with Crippen molar-refractivity contribution in [3.05, 3.63) is 107 Å². The normalized spacial score (nSPS) is 11.0. The molecule has 3 aromatic carbocycles. The lowest BCUT2D eigenvalue weighted by Gasteiger charge is -2.10. The molecule has 0 saturated carbocycles. The number of aryl methyl sites for hydroxylation is 1. The molecule has 1 heterocycles. The number of nitrogens with one attached hydrogen (secondary N) is 2. The number of sulfonamides is 1. The maximum absolute atomic E-state index is 12.6. The Morgan fingerprint density at radius 2 is 1.69 bits per heavy atom. The van der Waals surface area contributed by atoms with Crippen molar-refractivity contribution in [3.8, 4) is 5.75 Å². The standard InChI is InChI=1S/C25H21ClN4O4S/c1-17-14-15-27-25(28-17)30-35(32,33)22-12-8-20(9-13-22)29-24(31)18-6-10-21(11-7-18)34-16-19-4-2-3-5-23(19)26/h2-15H,16H2,1H3,(H,29,31)(H,27,28,30). The Labute approximate surface area is 208 Å². The monoisotopic (exact) mass is 508 g/mol. The van der Waals surface area contributed by atoms with Gasteiger partial charge in [-0.25, -0.2) is 23.1 Å². The molecule has 10 heteroatoms. The Morgan fingerprint density at radius 3 is 2.37 bits per heavy atom. The van der Waals surface area contributed by atoms with Gasteiger partial charge in [-0.2, -0.15) is 0 Å². The minimum absolute atomic E-state index is 0.0123. The van der Waals surface area contributed by atoms with Gasteiger partial charge in [-0.1, -0.05) is 29.8 Å². The molecule has 4 aromatic rings. The number of aromatic nitrogens is 2. The van der Waals surface area contributed by atoms with E-state index in [0.717, 1.165) is 5.56 Å².